The number of anilines is 1. The number of aliphatic hydroxyl groups excluding tert-OH is 1. The molecular formula is C50H65ClN6O20. The number of carbonyl (C=O) groups is 9. The summed E-state index contributed by atoms with van der Waals surface area (Å²) in [5, 5.41) is 27.6. The molecule has 3 saturated heterocycles. The molecule has 27 heteroatoms. The summed E-state index contributed by atoms with van der Waals surface area (Å²) in [6.07, 6.45) is -2.59. The SMILES string of the molecule is COc1cc2cc(c1Cl)N(C)C(=O)C[C@H](OC(=O)[C@H](C)N(C)C(=O)CCOC(=O)NC(CN(C)C(=O)OC1/C=C/COCOC1)C(=O)ON1C(=O)CCC1=O)[C@]1(C)O[C@H]1[C@H](C)[C@@H]1C[C@@](O)(NC(=O)O1)[C@H](O)/C=C/C=C(\C)C2. The molecule has 5 heterocycles. The van der Waals surface area contributed by atoms with Gasteiger partial charge in [-0.1, -0.05) is 48.4 Å². The van der Waals surface area contributed by atoms with Gasteiger partial charge in [-0.15, -0.1) is 5.06 Å². The maximum Gasteiger partial charge on any atom is 0.410 e. The van der Waals surface area contributed by atoms with Gasteiger partial charge in [0, 0.05) is 46.3 Å². The Balaban J connectivity index is 1.14. The maximum atomic E-state index is 14.3. The number of likely N-dealkylation sites (N-methyl/N-ethyl adjacent to an activating group) is 2. The molecule has 0 aliphatic carbocycles. The van der Waals surface area contributed by atoms with E-state index in [1.807, 2.05) is 6.92 Å². The van der Waals surface area contributed by atoms with Crippen molar-refractivity contribution >= 4 is 71.1 Å². The number of epoxide rings is 1. The number of imide groups is 1. The Morgan fingerprint density at radius 1 is 1.03 bits per heavy atom. The third-order valence-electron chi connectivity index (χ3n) is 13.6. The largest absolute Gasteiger partial charge is 0.495 e. The Hall–Kier alpha value is -6.84. The number of fused-ring (bicyclic) bond motifs is 5. The second kappa shape index (κ2) is 25.5. The molecule has 4 N–H and O–H groups in total. The molecule has 77 heavy (non-hydrogen) atoms. The van der Waals surface area contributed by atoms with Crippen LogP contribution in [0.1, 0.15) is 65.4 Å². The number of allylic oxidation sites excluding steroid dienone is 3. The first-order valence-electron chi connectivity index (χ1n) is 24.6. The van der Waals surface area contributed by atoms with E-state index in [2.05, 4.69) is 10.6 Å². The number of methoxy groups -OCH3 is 1. The van der Waals surface area contributed by atoms with E-state index in [1.165, 1.54) is 58.3 Å². The normalized spacial score (nSPS) is 29.0. The number of hydroxylamine groups is 2. The molecule has 4 bridgehead atoms. The van der Waals surface area contributed by atoms with Gasteiger partial charge in [-0.05, 0) is 51.0 Å². The number of rotatable bonds is 13. The number of hydrogen-bond acceptors (Lipinski definition) is 20. The lowest BCUT2D eigenvalue weighted by Gasteiger charge is -2.41. The van der Waals surface area contributed by atoms with Crippen LogP contribution in [0.15, 0.2) is 48.1 Å². The first-order valence-corrected chi connectivity index (χ1v) is 25.0. The van der Waals surface area contributed by atoms with Crippen molar-refractivity contribution in [2.24, 2.45) is 5.92 Å². The highest BCUT2D eigenvalue weighted by Gasteiger charge is 2.64. The summed E-state index contributed by atoms with van der Waals surface area (Å²) in [4.78, 5) is 127. The average Bonchev–Trinajstić information content (AvgIpc) is 4.09. The predicted molar refractivity (Wildman–Crippen MR) is 265 cm³/mol. The summed E-state index contributed by atoms with van der Waals surface area (Å²) in [5.74, 6) is -5.67. The van der Waals surface area contributed by atoms with Gasteiger partial charge in [0.15, 0.2) is 5.72 Å². The molecule has 0 radical (unpaired) electrons. The smallest absolute Gasteiger partial charge is 0.410 e. The standard InChI is InChI=1S/C50H65ClN6O20/c1-27-11-9-13-36(58)50(68)23-35(74-47(66)53-50)28(2)43-49(4,76-43)37(22-41(62)56(7)33-20-30(19-27)21-34(69-8)42(33)51)75-44(63)29(3)55(6)38(59)16-18-72-46(65)52-32(45(64)77-57-39(60)14-15-40(57)61)24-54(5)48(67)73-31-12-10-17-70-26-71-25-31/h9-13,20-21,28-29,31-32,35-37,43,58,68H,14-19,22-26H2,1-8H3,(H,52,65)(H,53,66)/b12-10+,13-9+,27-11+/t28-,29+,31?,32?,35+,36-,37+,43+,49+,50+/m1/s1. The highest BCUT2D eigenvalue weighted by atomic mass is 35.5. The van der Waals surface area contributed by atoms with Crippen LogP contribution in [0.5, 0.6) is 5.75 Å². The molecule has 3 fully saturated rings. The van der Waals surface area contributed by atoms with E-state index in [9.17, 15) is 53.4 Å². The summed E-state index contributed by atoms with van der Waals surface area (Å²) in [7, 11) is 5.42. The van der Waals surface area contributed by atoms with Gasteiger partial charge in [0.25, 0.3) is 11.8 Å². The van der Waals surface area contributed by atoms with Gasteiger partial charge in [0.2, 0.25) is 11.8 Å². The van der Waals surface area contributed by atoms with Gasteiger partial charge in [0.1, 0.15) is 66.3 Å². The van der Waals surface area contributed by atoms with E-state index in [4.69, 9.17) is 54.3 Å². The molecule has 7 amide bonds. The van der Waals surface area contributed by atoms with Crippen LogP contribution in [0.4, 0.5) is 20.1 Å². The number of benzene rings is 1. The molecule has 5 aliphatic heterocycles. The van der Waals surface area contributed by atoms with Crippen molar-refractivity contribution in [1.82, 2.24) is 25.5 Å². The zero-order valence-electron chi connectivity index (χ0n) is 43.8. The van der Waals surface area contributed by atoms with E-state index < -0.39 is 140 Å². The molecule has 422 valence electrons. The van der Waals surface area contributed by atoms with Crippen molar-refractivity contribution in [3.63, 3.8) is 0 Å². The highest BCUT2D eigenvalue weighted by Crippen LogP contribution is 2.49. The molecule has 10 atom stereocenters. The van der Waals surface area contributed by atoms with Crippen LogP contribution >= 0.6 is 11.6 Å². The number of nitrogens with one attached hydrogen (secondary N) is 2. The third-order valence-corrected chi connectivity index (χ3v) is 14.0. The van der Waals surface area contributed by atoms with E-state index in [0.29, 0.717) is 12.0 Å². The van der Waals surface area contributed by atoms with Crippen LogP contribution in [0.2, 0.25) is 5.02 Å². The Morgan fingerprint density at radius 2 is 1.74 bits per heavy atom. The van der Waals surface area contributed by atoms with Crippen LogP contribution in [-0.4, -0.2) is 194 Å². The van der Waals surface area contributed by atoms with E-state index in [0.717, 1.165) is 15.4 Å². The molecule has 1 aromatic carbocycles. The lowest BCUT2D eigenvalue weighted by atomic mass is 9.83. The van der Waals surface area contributed by atoms with Crippen LogP contribution in [0.25, 0.3) is 0 Å². The summed E-state index contributed by atoms with van der Waals surface area (Å²) in [6.45, 7) is 5.32. The minimum absolute atomic E-state index is 0.0433. The second-order valence-corrected chi connectivity index (χ2v) is 19.7. The molecule has 5 aliphatic rings. The first kappa shape index (κ1) is 59.4. The number of carbonyl (C=O) groups excluding carboxylic acids is 9. The molecule has 0 spiro atoms. The number of esters is 1. The number of amides is 7. The zero-order valence-corrected chi connectivity index (χ0v) is 44.6. The van der Waals surface area contributed by atoms with E-state index in [1.54, 1.807) is 38.1 Å². The van der Waals surface area contributed by atoms with Crippen molar-refractivity contribution in [3.05, 3.63) is 58.7 Å². The summed E-state index contributed by atoms with van der Waals surface area (Å²) < 4.78 is 44.4. The van der Waals surface area contributed by atoms with Gasteiger partial charge >= 0.3 is 30.2 Å². The summed E-state index contributed by atoms with van der Waals surface area (Å²) in [6, 6.07) is 0.321. The van der Waals surface area contributed by atoms with Crippen molar-refractivity contribution < 1.29 is 96.1 Å². The predicted octanol–water partition coefficient (Wildman–Crippen LogP) is 1.95. The molecule has 2 unspecified atom stereocenters. The number of nitrogens with zero attached hydrogens (tertiary/aromatic N) is 4. The molecule has 26 nitrogen and oxygen atoms in total. The van der Waals surface area contributed by atoms with Gasteiger partial charge in [-0.2, -0.15) is 0 Å². The van der Waals surface area contributed by atoms with Crippen molar-refractivity contribution in [2.45, 2.75) is 120 Å². The third kappa shape index (κ3) is 14.8. The van der Waals surface area contributed by atoms with E-state index in [-0.39, 0.29) is 60.8 Å². The lowest BCUT2D eigenvalue weighted by molar-refractivity contribution is -0.199. The van der Waals surface area contributed by atoms with Gasteiger partial charge < -0.3 is 73.0 Å². The topological polar surface area (TPSA) is 317 Å². The Labute approximate surface area is 448 Å². The Bertz CT molecular complexity index is 2530. The number of ether oxygens (including phenoxy) is 8. The van der Waals surface area contributed by atoms with Crippen molar-refractivity contribution in [1.29, 1.82) is 0 Å². The zero-order chi connectivity index (χ0) is 56.5. The molecular weight excluding hydrogens is 1040 g/mol. The van der Waals surface area contributed by atoms with Crippen LogP contribution in [0, 0.1) is 5.92 Å². The van der Waals surface area contributed by atoms with Gasteiger partial charge in [-0.25, -0.2) is 24.0 Å². The quantitative estimate of drug-likeness (QED) is 0.0721. The fourth-order valence-corrected chi connectivity index (χ4v) is 9.09. The van der Waals surface area contributed by atoms with Crippen LogP contribution in [0.3, 0.4) is 0 Å². The maximum absolute atomic E-state index is 14.3. The van der Waals surface area contributed by atoms with E-state index >= 15 is 0 Å². The minimum atomic E-state index is -2.16. The monoisotopic (exact) mass is 1100 g/mol. The first-order chi connectivity index (χ1) is 36.3. The number of alkyl carbamates (subject to hydrolysis) is 2. The fraction of sp³-hybridized carbons (Fsp3) is 0.580. The number of hydrogen-bond donors (Lipinski definition) is 4. The number of aliphatic hydroxyl groups is 2. The molecule has 6 rings (SSSR count). The van der Waals surface area contributed by atoms with Crippen LogP contribution in [-0.2, 0) is 73.2 Å². The fourth-order valence-electron chi connectivity index (χ4n) is 8.78. The van der Waals surface area contributed by atoms with Crippen molar-refractivity contribution in [2.75, 3.05) is 66.3 Å². The lowest BCUT2D eigenvalue weighted by Crippen LogP contribution is -2.63. The molecule has 1 aromatic rings. The molecule has 0 aromatic heterocycles. The minimum Gasteiger partial charge on any atom is -0.495 e. The highest BCUT2D eigenvalue weighted by molar-refractivity contribution is 6.35. The summed E-state index contributed by atoms with van der Waals surface area (Å²) >= 11 is 6.77. The summed E-state index contributed by atoms with van der Waals surface area (Å²) in [5.41, 5.74) is -1.83. The van der Waals surface area contributed by atoms with Gasteiger partial charge in [-0.3, -0.25) is 24.5 Å². The second-order valence-electron chi connectivity index (χ2n) is 19.4. The van der Waals surface area contributed by atoms with Crippen molar-refractivity contribution in [3.8, 4) is 5.75 Å². The molecule has 0 saturated carbocycles. The Kier molecular flexibility index (Phi) is 19.7. The average molecular weight is 1110 g/mol. The Morgan fingerprint density at radius 3 is 2.44 bits per heavy atom. The van der Waals surface area contributed by atoms with Gasteiger partial charge in [0.05, 0.1) is 51.5 Å². The van der Waals surface area contributed by atoms with Crippen LogP contribution < -0.4 is 20.3 Å². The number of halogens is 1.